The number of hydrogen-bond donors (Lipinski definition) is 6. The van der Waals surface area contributed by atoms with E-state index >= 15 is 0 Å². The standard InChI is InChI=1S/C38H52ClN7O5S/c1-2-34(47)42-31(21-35-43-28-15-14-25(39)20-33(28)52-35)38(50)46-30(19-23-10-12-24(22-41)13-11-23)37(49)45-29(8-5-6-17-40)36(48)44-27-16-18-51-32-9-4-3-7-26(27)32/h3-4,7,9,14-15,20,23-24,27,29-31H,2,5-6,8,10-13,16-19,21-22,40-41H2,1H3,(H,42,47)(H,44,48)(H,45,49)(H,46,50)/t23?,24?,27-,29+,30+,31+/m1/s1. The van der Waals surface area contributed by atoms with E-state index < -0.39 is 29.9 Å². The van der Waals surface area contributed by atoms with Crippen LogP contribution in [0.4, 0.5) is 0 Å². The average Bonchev–Trinajstić information content (AvgIpc) is 3.55. The van der Waals surface area contributed by atoms with Gasteiger partial charge in [0.1, 0.15) is 23.9 Å². The van der Waals surface area contributed by atoms with E-state index in [1.54, 1.807) is 13.0 Å². The number of para-hydroxylation sites is 1. The molecule has 2 aromatic carbocycles. The summed E-state index contributed by atoms with van der Waals surface area (Å²) in [5.74, 6) is -0.167. The monoisotopic (exact) mass is 753 g/mol. The predicted octanol–water partition coefficient (Wildman–Crippen LogP) is 4.28. The third kappa shape index (κ3) is 10.9. The molecule has 0 radical (unpaired) electrons. The Morgan fingerprint density at radius 2 is 1.63 bits per heavy atom. The predicted molar refractivity (Wildman–Crippen MR) is 204 cm³/mol. The van der Waals surface area contributed by atoms with Crippen LogP contribution >= 0.6 is 22.9 Å². The van der Waals surface area contributed by atoms with Crippen molar-refractivity contribution in [2.75, 3.05) is 19.7 Å². The number of nitrogens with one attached hydrogen (secondary N) is 4. The number of hydrogen-bond acceptors (Lipinski definition) is 9. The molecule has 1 fully saturated rings. The Morgan fingerprint density at radius 1 is 0.904 bits per heavy atom. The lowest BCUT2D eigenvalue weighted by Crippen LogP contribution is -2.57. The number of rotatable bonds is 17. The Labute approximate surface area is 314 Å². The van der Waals surface area contributed by atoms with Gasteiger partial charge in [0.2, 0.25) is 23.6 Å². The first-order chi connectivity index (χ1) is 25.2. The fraction of sp³-hybridized carbons (Fsp3) is 0.553. The molecular formula is C38H52ClN7O5S. The van der Waals surface area contributed by atoms with Gasteiger partial charge in [-0.05, 0) is 87.7 Å². The Hall–Kier alpha value is -3.78. The first-order valence-electron chi connectivity index (χ1n) is 18.5. The molecule has 8 N–H and O–H groups in total. The molecule has 1 aliphatic heterocycles. The Morgan fingerprint density at radius 3 is 2.38 bits per heavy atom. The minimum Gasteiger partial charge on any atom is -0.493 e. The normalized spacial score (nSPS) is 20.1. The molecule has 2 aliphatic rings. The van der Waals surface area contributed by atoms with Crippen LogP contribution in [0.5, 0.6) is 5.75 Å². The van der Waals surface area contributed by atoms with Crippen LogP contribution in [-0.4, -0.2) is 66.4 Å². The molecule has 4 amide bonds. The lowest BCUT2D eigenvalue weighted by Gasteiger charge is -2.32. The number of thiazole rings is 1. The second-order valence-corrected chi connectivity index (χ2v) is 15.5. The Balaban J connectivity index is 1.35. The molecule has 0 bridgehead atoms. The molecule has 0 unspecified atom stereocenters. The summed E-state index contributed by atoms with van der Waals surface area (Å²) in [6.45, 7) is 3.27. The maximum Gasteiger partial charge on any atom is 0.243 e. The van der Waals surface area contributed by atoms with Crippen molar-refractivity contribution in [3.8, 4) is 5.75 Å². The molecule has 12 nitrogen and oxygen atoms in total. The molecule has 14 heteroatoms. The lowest BCUT2D eigenvalue weighted by molar-refractivity contribution is -0.134. The molecule has 2 heterocycles. The van der Waals surface area contributed by atoms with Crippen molar-refractivity contribution in [3.05, 3.63) is 58.1 Å². The van der Waals surface area contributed by atoms with E-state index in [-0.39, 0.29) is 36.6 Å². The number of nitrogens with zero attached hydrogens (tertiary/aromatic N) is 1. The number of carbonyl (C=O) groups is 4. The number of amides is 4. The largest absolute Gasteiger partial charge is 0.493 e. The van der Waals surface area contributed by atoms with Crippen LogP contribution < -0.4 is 37.5 Å². The minimum atomic E-state index is -0.969. The molecule has 0 saturated heterocycles. The molecule has 5 rings (SSSR count). The van der Waals surface area contributed by atoms with E-state index in [9.17, 15) is 19.2 Å². The highest BCUT2D eigenvalue weighted by atomic mass is 35.5. The maximum absolute atomic E-state index is 14.2. The van der Waals surface area contributed by atoms with Crippen molar-refractivity contribution in [2.24, 2.45) is 23.3 Å². The second-order valence-electron chi connectivity index (χ2n) is 13.9. The number of carbonyl (C=O) groups excluding carboxylic acids is 4. The van der Waals surface area contributed by atoms with Crippen LogP contribution in [-0.2, 0) is 25.6 Å². The summed E-state index contributed by atoms with van der Waals surface area (Å²) in [5, 5.41) is 13.2. The number of benzene rings is 2. The summed E-state index contributed by atoms with van der Waals surface area (Å²) in [5.41, 5.74) is 13.4. The number of ether oxygens (including phenoxy) is 1. The Bertz CT molecular complexity index is 1680. The fourth-order valence-electron chi connectivity index (χ4n) is 7.05. The summed E-state index contributed by atoms with van der Waals surface area (Å²) < 4.78 is 6.66. The van der Waals surface area contributed by atoms with E-state index in [2.05, 4.69) is 26.3 Å². The zero-order valence-electron chi connectivity index (χ0n) is 29.8. The van der Waals surface area contributed by atoms with Crippen LogP contribution in [0.2, 0.25) is 5.02 Å². The first-order valence-corrected chi connectivity index (χ1v) is 19.7. The van der Waals surface area contributed by atoms with Gasteiger partial charge in [0.25, 0.3) is 0 Å². The van der Waals surface area contributed by atoms with Crippen LogP contribution in [0.1, 0.15) is 87.7 Å². The van der Waals surface area contributed by atoms with Gasteiger partial charge in [0.15, 0.2) is 0 Å². The van der Waals surface area contributed by atoms with Gasteiger partial charge in [-0.1, -0.05) is 49.6 Å². The summed E-state index contributed by atoms with van der Waals surface area (Å²) in [7, 11) is 0. The van der Waals surface area contributed by atoms with Crippen molar-refractivity contribution in [3.63, 3.8) is 0 Å². The molecule has 1 aromatic heterocycles. The highest BCUT2D eigenvalue weighted by molar-refractivity contribution is 7.18. The van der Waals surface area contributed by atoms with Crippen molar-refractivity contribution < 1.29 is 23.9 Å². The van der Waals surface area contributed by atoms with Crippen LogP contribution in [0.25, 0.3) is 10.2 Å². The third-order valence-corrected chi connectivity index (χ3v) is 11.4. The summed E-state index contributed by atoms with van der Waals surface area (Å²) in [6.07, 6.45) is 6.72. The van der Waals surface area contributed by atoms with Gasteiger partial charge in [-0.2, -0.15) is 0 Å². The summed E-state index contributed by atoms with van der Waals surface area (Å²) >= 11 is 7.59. The molecule has 1 aliphatic carbocycles. The molecular weight excluding hydrogens is 702 g/mol. The van der Waals surface area contributed by atoms with E-state index in [1.807, 2.05) is 36.4 Å². The first kappa shape index (κ1) is 39.4. The average molecular weight is 754 g/mol. The van der Waals surface area contributed by atoms with Crippen molar-refractivity contribution >= 4 is 56.8 Å². The lowest BCUT2D eigenvalue weighted by atomic mass is 9.79. The number of aromatic nitrogens is 1. The minimum absolute atomic E-state index is 0.140. The van der Waals surface area contributed by atoms with Gasteiger partial charge in [-0.25, -0.2) is 4.98 Å². The zero-order valence-corrected chi connectivity index (χ0v) is 31.4. The molecule has 52 heavy (non-hydrogen) atoms. The number of fused-ring (bicyclic) bond motifs is 2. The molecule has 1 saturated carbocycles. The van der Waals surface area contributed by atoms with E-state index in [1.165, 1.54) is 11.3 Å². The number of nitrogens with two attached hydrogens (primary N) is 2. The number of halogens is 1. The zero-order chi connectivity index (χ0) is 37.0. The van der Waals surface area contributed by atoms with Crippen molar-refractivity contribution in [2.45, 2.75) is 102 Å². The molecule has 3 aromatic rings. The maximum atomic E-state index is 14.2. The van der Waals surface area contributed by atoms with Crippen molar-refractivity contribution in [1.82, 2.24) is 26.3 Å². The van der Waals surface area contributed by atoms with Crippen LogP contribution in [0, 0.1) is 11.8 Å². The van der Waals surface area contributed by atoms with Crippen molar-refractivity contribution in [1.29, 1.82) is 0 Å². The Kier molecular flexibility index (Phi) is 14.7. The van der Waals surface area contributed by atoms with E-state index in [0.717, 1.165) is 47.2 Å². The fourth-order valence-corrected chi connectivity index (χ4v) is 8.34. The highest BCUT2D eigenvalue weighted by Crippen LogP contribution is 2.33. The SMILES string of the molecule is CCC(=O)N[C@@H](Cc1nc2ccc(Cl)cc2s1)C(=O)N[C@@H](CC1CCC(CN)CC1)C(=O)N[C@@H](CCCCN)C(=O)N[C@@H]1CCOc2ccccc21. The molecule has 4 atom stereocenters. The van der Waals surface area contributed by atoms with Gasteiger partial charge in [0.05, 0.1) is 27.9 Å². The summed E-state index contributed by atoms with van der Waals surface area (Å²) in [4.78, 5) is 59.5. The molecule has 0 spiro atoms. The topological polar surface area (TPSA) is 191 Å². The summed E-state index contributed by atoms with van der Waals surface area (Å²) in [6, 6.07) is 10.00. The van der Waals surface area contributed by atoms with Gasteiger partial charge in [-0.3, -0.25) is 19.2 Å². The van der Waals surface area contributed by atoms with Crippen LogP contribution in [0.3, 0.4) is 0 Å². The second kappa shape index (κ2) is 19.3. The number of unbranched alkanes of at least 4 members (excludes halogenated alkanes) is 1. The smallest absolute Gasteiger partial charge is 0.243 e. The van der Waals surface area contributed by atoms with Crippen LogP contribution in [0.15, 0.2) is 42.5 Å². The van der Waals surface area contributed by atoms with Gasteiger partial charge in [-0.15, -0.1) is 11.3 Å². The highest BCUT2D eigenvalue weighted by Gasteiger charge is 2.34. The van der Waals surface area contributed by atoms with E-state index in [0.29, 0.717) is 67.7 Å². The van der Waals surface area contributed by atoms with Gasteiger partial charge >= 0.3 is 0 Å². The molecule has 282 valence electrons. The quantitative estimate of drug-likeness (QED) is 0.110. The third-order valence-electron chi connectivity index (χ3n) is 10.1. The van der Waals surface area contributed by atoms with Gasteiger partial charge < -0.3 is 37.5 Å². The van der Waals surface area contributed by atoms with E-state index in [4.69, 9.17) is 27.8 Å². The van der Waals surface area contributed by atoms with Gasteiger partial charge in [0, 0.05) is 29.8 Å².